The van der Waals surface area contributed by atoms with Crippen LogP contribution in [0.5, 0.6) is 0 Å². The molecule has 0 aliphatic rings. The Balaban J connectivity index is 1.72. The van der Waals surface area contributed by atoms with Gasteiger partial charge in [-0.2, -0.15) is 0 Å². The van der Waals surface area contributed by atoms with Crippen molar-refractivity contribution in [2.45, 2.75) is 20.8 Å². The molecule has 3 rings (SSSR count). The van der Waals surface area contributed by atoms with Gasteiger partial charge in [0.25, 0.3) is 5.91 Å². The molecule has 0 aliphatic heterocycles. The van der Waals surface area contributed by atoms with E-state index in [-0.39, 0.29) is 17.5 Å². The van der Waals surface area contributed by atoms with Gasteiger partial charge in [-0.05, 0) is 49.2 Å². The monoisotopic (exact) mass is 375 g/mol. The Labute approximate surface area is 163 Å². The summed E-state index contributed by atoms with van der Waals surface area (Å²) >= 11 is 0. The van der Waals surface area contributed by atoms with E-state index in [1.807, 2.05) is 32.0 Å². The van der Waals surface area contributed by atoms with E-state index in [4.69, 9.17) is 0 Å². The number of rotatable bonds is 5. The predicted octanol–water partition coefficient (Wildman–Crippen LogP) is 4.05. The second-order valence-corrected chi connectivity index (χ2v) is 6.39. The number of aryl methyl sites for hydroxylation is 2. The van der Waals surface area contributed by atoms with Crippen LogP contribution in [0.3, 0.4) is 0 Å². The molecule has 0 saturated carbocycles. The highest BCUT2D eigenvalue weighted by Crippen LogP contribution is 2.23. The maximum Gasteiger partial charge on any atom is 0.274 e. The van der Waals surface area contributed by atoms with Crippen LogP contribution in [0, 0.1) is 13.8 Å². The highest BCUT2D eigenvalue weighted by atomic mass is 16.2. The maximum absolute atomic E-state index is 12.5. The third-order valence-corrected chi connectivity index (χ3v) is 4.10. The van der Waals surface area contributed by atoms with Gasteiger partial charge in [0.05, 0.1) is 0 Å². The number of carbonyl (C=O) groups excluding carboxylic acids is 2. The quantitative estimate of drug-likeness (QED) is 0.625. The van der Waals surface area contributed by atoms with Gasteiger partial charge in [0.1, 0.15) is 17.8 Å². The second-order valence-electron chi connectivity index (χ2n) is 6.39. The highest BCUT2D eigenvalue weighted by Gasteiger charge is 2.11. The van der Waals surface area contributed by atoms with Crippen LogP contribution in [0.1, 0.15) is 28.5 Å². The molecule has 3 N–H and O–H groups in total. The van der Waals surface area contributed by atoms with Gasteiger partial charge in [0.2, 0.25) is 5.91 Å². The summed E-state index contributed by atoms with van der Waals surface area (Å²) in [5.41, 5.74) is 4.64. The minimum absolute atomic E-state index is 0.151. The fraction of sp³-hybridized carbons (Fsp3) is 0.143. The molecule has 0 radical (unpaired) electrons. The summed E-state index contributed by atoms with van der Waals surface area (Å²) in [5, 5.41) is 8.71. The van der Waals surface area contributed by atoms with E-state index >= 15 is 0 Å². The molecule has 7 heteroatoms. The van der Waals surface area contributed by atoms with Crippen LogP contribution in [-0.2, 0) is 4.79 Å². The summed E-state index contributed by atoms with van der Waals surface area (Å²) in [5.74, 6) is 0.0412. The number of nitrogens with one attached hydrogen (secondary N) is 3. The molecule has 0 aliphatic carbocycles. The summed E-state index contributed by atoms with van der Waals surface area (Å²) in [6.07, 6.45) is 1.35. The van der Waals surface area contributed by atoms with E-state index in [9.17, 15) is 9.59 Å². The fourth-order valence-electron chi connectivity index (χ4n) is 2.72. The Hall–Kier alpha value is -3.74. The zero-order chi connectivity index (χ0) is 20.1. The lowest BCUT2D eigenvalue weighted by atomic mass is 10.1. The Morgan fingerprint density at radius 1 is 0.857 bits per heavy atom. The molecule has 0 spiro atoms. The molecule has 0 bridgehead atoms. The van der Waals surface area contributed by atoms with Crippen molar-refractivity contribution in [3.05, 3.63) is 71.7 Å². The molecule has 0 fully saturated rings. The molecule has 142 valence electrons. The van der Waals surface area contributed by atoms with Crippen molar-refractivity contribution in [1.82, 2.24) is 9.97 Å². The molecule has 0 saturated heterocycles. The first-order chi connectivity index (χ1) is 13.4. The van der Waals surface area contributed by atoms with Crippen LogP contribution in [0.25, 0.3) is 0 Å². The van der Waals surface area contributed by atoms with Gasteiger partial charge >= 0.3 is 0 Å². The number of carbonyl (C=O) groups is 2. The number of amides is 2. The lowest BCUT2D eigenvalue weighted by Gasteiger charge is -2.12. The first-order valence-corrected chi connectivity index (χ1v) is 8.76. The van der Waals surface area contributed by atoms with E-state index < -0.39 is 0 Å². The average molecular weight is 375 g/mol. The molecule has 1 aromatic heterocycles. The van der Waals surface area contributed by atoms with Crippen molar-refractivity contribution in [3.63, 3.8) is 0 Å². The summed E-state index contributed by atoms with van der Waals surface area (Å²) < 4.78 is 0. The van der Waals surface area contributed by atoms with Crippen molar-refractivity contribution in [3.8, 4) is 0 Å². The van der Waals surface area contributed by atoms with Crippen LogP contribution >= 0.6 is 0 Å². The Morgan fingerprint density at radius 2 is 1.46 bits per heavy atom. The van der Waals surface area contributed by atoms with Gasteiger partial charge in [0, 0.05) is 30.1 Å². The smallest absolute Gasteiger partial charge is 0.274 e. The zero-order valence-electron chi connectivity index (χ0n) is 15.9. The van der Waals surface area contributed by atoms with Gasteiger partial charge < -0.3 is 16.0 Å². The summed E-state index contributed by atoms with van der Waals surface area (Å²) in [7, 11) is 0. The number of benzene rings is 2. The average Bonchev–Trinajstić information content (AvgIpc) is 2.66. The van der Waals surface area contributed by atoms with Gasteiger partial charge in [0.15, 0.2) is 0 Å². The fourth-order valence-corrected chi connectivity index (χ4v) is 2.72. The SMILES string of the molecule is CC(=O)Nc1ccc(NC(=O)c2cc(Nc3c(C)cccc3C)ncn2)cc1. The normalized spacial score (nSPS) is 10.2. The summed E-state index contributed by atoms with van der Waals surface area (Å²) in [6, 6.07) is 14.5. The van der Waals surface area contributed by atoms with E-state index in [1.54, 1.807) is 30.3 Å². The maximum atomic E-state index is 12.5. The number of hydrogen-bond acceptors (Lipinski definition) is 5. The number of anilines is 4. The number of hydrogen-bond donors (Lipinski definition) is 3. The standard InChI is InChI=1S/C21H21N5O2/c1-13-5-4-6-14(2)20(13)26-19-11-18(22-12-23-19)21(28)25-17-9-7-16(8-10-17)24-15(3)27/h4-12H,1-3H3,(H,24,27)(H,25,28)(H,22,23,26). The minimum atomic E-state index is -0.348. The summed E-state index contributed by atoms with van der Waals surface area (Å²) in [4.78, 5) is 31.8. The van der Waals surface area contributed by atoms with Gasteiger partial charge in [-0.3, -0.25) is 9.59 Å². The first-order valence-electron chi connectivity index (χ1n) is 8.76. The molecular formula is C21H21N5O2. The lowest BCUT2D eigenvalue weighted by Crippen LogP contribution is -2.14. The highest BCUT2D eigenvalue weighted by molar-refractivity contribution is 6.03. The molecule has 0 atom stereocenters. The van der Waals surface area contributed by atoms with E-state index in [0.717, 1.165) is 16.8 Å². The number of para-hydroxylation sites is 1. The van der Waals surface area contributed by atoms with Gasteiger partial charge in [-0.1, -0.05) is 18.2 Å². The van der Waals surface area contributed by atoms with Gasteiger partial charge in [-0.15, -0.1) is 0 Å². The molecule has 2 amide bonds. The largest absolute Gasteiger partial charge is 0.340 e. The van der Waals surface area contributed by atoms with E-state index in [1.165, 1.54) is 13.3 Å². The van der Waals surface area contributed by atoms with Crippen molar-refractivity contribution in [2.75, 3.05) is 16.0 Å². The molecule has 1 heterocycles. The van der Waals surface area contributed by atoms with E-state index in [2.05, 4.69) is 25.9 Å². The van der Waals surface area contributed by atoms with Gasteiger partial charge in [-0.25, -0.2) is 9.97 Å². The first kappa shape index (κ1) is 19.0. The topological polar surface area (TPSA) is 96.0 Å². The third-order valence-electron chi connectivity index (χ3n) is 4.10. The number of nitrogens with zero attached hydrogens (tertiary/aromatic N) is 2. The summed E-state index contributed by atoms with van der Waals surface area (Å²) in [6.45, 7) is 5.46. The second kappa shape index (κ2) is 8.30. The van der Waals surface area contributed by atoms with Crippen LogP contribution in [0.15, 0.2) is 54.9 Å². The third kappa shape index (κ3) is 4.70. The van der Waals surface area contributed by atoms with E-state index in [0.29, 0.717) is 17.2 Å². The van der Waals surface area contributed by atoms with Crippen LogP contribution < -0.4 is 16.0 Å². The predicted molar refractivity (Wildman–Crippen MR) is 110 cm³/mol. The molecular weight excluding hydrogens is 354 g/mol. The minimum Gasteiger partial charge on any atom is -0.340 e. The molecule has 3 aromatic rings. The molecule has 7 nitrogen and oxygen atoms in total. The van der Waals surface area contributed by atoms with Crippen molar-refractivity contribution >= 4 is 34.7 Å². The lowest BCUT2D eigenvalue weighted by molar-refractivity contribution is -0.114. The Bertz CT molecular complexity index is 995. The van der Waals surface area contributed by atoms with Crippen LogP contribution in [0.2, 0.25) is 0 Å². The molecule has 2 aromatic carbocycles. The zero-order valence-corrected chi connectivity index (χ0v) is 15.9. The van der Waals surface area contributed by atoms with Crippen molar-refractivity contribution in [1.29, 1.82) is 0 Å². The van der Waals surface area contributed by atoms with Crippen LogP contribution in [0.4, 0.5) is 22.9 Å². The van der Waals surface area contributed by atoms with Crippen molar-refractivity contribution < 1.29 is 9.59 Å². The molecule has 0 unspecified atom stereocenters. The number of aromatic nitrogens is 2. The Morgan fingerprint density at radius 3 is 2.07 bits per heavy atom. The Kier molecular flexibility index (Phi) is 5.64. The van der Waals surface area contributed by atoms with Crippen LogP contribution in [-0.4, -0.2) is 21.8 Å². The van der Waals surface area contributed by atoms with Crippen molar-refractivity contribution in [2.24, 2.45) is 0 Å². The molecule has 28 heavy (non-hydrogen) atoms.